The Kier molecular flexibility index (Phi) is 6.52. The minimum atomic E-state index is -3.32. The third-order valence-electron chi connectivity index (χ3n) is 4.04. The van der Waals surface area contributed by atoms with Crippen LogP contribution in [-0.4, -0.2) is 37.7 Å². The summed E-state index contributed by atoms with van der Waals surface area (Å²) in [4.78, 5) is 23.8. The molecule has 0 heterocycles. The van der Waals surface area contributed by atoms with Crippen LogP contribution in [0.15, 0.2) is 59.5 Å². The van der Waals surface area contributed by atoms with E-state index in [4.69, 9.17) is 0 Å². The molecule has 0 aliphatic heterocycles. The van der Waals surface area contributed by atoms with E-state index >= 15 is 0 Å². The van der Waals surface area contributed by atoms with Gasteiger partial charge in [-0.3, -0.25) is 9.59 Å². The fourth-order valence-electron chi connectivity index (χ4n) is 2.44. The van der Waals surface area contributed by atoms with E-state index in [9.17, 15) is 23.1 Å². The second-order valence-electron chi connectivity index (χ2n) is 5.86. The van der Waals surface area contributed by atoms with Crippen molar-refractivity contribution in [2.75, 3.05) is 12.3 Å². The second-order valence-corrected chi connectivity index (χ2v) is 8.14. The summed E-state index contributed by atoms with van der Waals surface area (Å²) in [5.41, 5.74) is 1.16. The van der Waals surface area contributed by atoms with Crippen LogP contribution >= 0.6 is 0 Å². The van der Waals surface area contributed by atoms with Crippen LogP contribution in [0.4, 0.5) is 0 Å². The van der Waals surface area contributed by atoms with Crippen LogP contribution in [0.3, 0.4) is 0 Å². The number of carbonyl (C=O) groups excluding carboxylic acids is 1. The topological polar surface area (TPSA) is 101 Å². The largest absolute Gasteiger partial charge is 0.481 e. The Morgan fingerprint density at radius 3 is 2.19 bits per heavy atom. The molecule has 0 fully saturated rings. The van der Waals surface area contributed by atoms with Gasteiger partial charge < -0.3 is 10.4 Å². The lowest BCUT2D eigenvalue weighted by molar-refractivity contribution is -0.141. The van der Waals surface area contributed by atoms with Gasteiger partial charge in [-0.1, -0.05) is 37.3 Å². The number of carboxylic acids is 1. The van der Waals surface area contributed by atoms with Gasteiger partial charge in [-0.15, -0.1) is 0 Å². The molecule has 1 atom stereocenters. The quantitative estimate of drug-likeness (QED) is 0.736. The van der Waals surface area contributed by atoms with E-state index in [2.05, 4.69) is 5.32 Å². The maximum atomic E-state index is 12.2. The van der Waals surface area contributed by atoms with Gasteiger partial charge in [0.2, 0.25) is 0 Å². The van der Waals surface area contributed by atoms with E-state index in [1.807, 2.05) is 30.3 Å². The highest BCUT2D eigenvalue weighted by atomic mass is 32.2. The summed E-state index contributed by atoms with van der Waals surface area (Å²) in [5, 5.41) is 12.0. The maximum Gasteiger partial charge on any atom is 0.308 e. The van der Waals surface area contributed by atoms with Crippen molar-refractivity contribution in [1.29, 1.82) is 0 Å². The van der Waals surface area contributed by atoms with E-state index in [-0.39, 0.29) is 22.8 Å². The molecule has 2 aromatic rings. The van der Waals surface area contributed by atoms with Gasteiger partial charge in [0, 0.05) is 12.1 Å². The number of benzene rings is 2. The lowest BCUT2D eigenvalue weighted by Gasteiger charge is -2.14. The number of hydrogen-bond donors (Lipinski definition) is 2. The number of amides is 1. The van der Waals surface area contributed by atoms with Crippen molar-refractivity contribution in [3.05, 3.63) is 65.7 Å². The van der Waals surface area contributed by atoms with Crippen LogP contribution in [-0.2, 0) is 21.1 Å². The van der Waals surface area contributed by atoms with Crippen LogP contribution in [0.1, 0.15) is 22.8 Å². The Balaban J connectivity index is 2.00. The molecule has 7 heteroatoms. The average Bonchev–Trinajstić information content (AvgIpc) is 2.65. The number of carboxylic acid groups (broad SMARTS) is 1. The molecule has 0 aromatic heterocycles. The zero-order valence-corrected chi connectivity index (χ0v) is 15.2. The van der Waals surface area contributed by atoms with Crippen molar-refractivity contribution < 1.29 is 23.1 Å². The number of sulfone groups is 1. The van der Waals surface area contributed by atoms with Gasteiger partial charge >= 0.3 is 5.97 Å². The van der Waals surface area contributed by atoms with Gasteiger partial charge in [0.25, 0.3) is 5.91 Å². The highest BCUT2D eigenvalue weighted by Crippen LogP contribution is 2.13. The molecule has 1 amide bonds. The molecule has 2 N–H and O–H groups in total. The van der Waals surface area contributed by atoms with Crippen molar-refractivity contribution in [1.82, 2.24) is 5.32 Å². The predicted molar refractivity (Wildman–Crippen MR) is 97.8 cm³/mol. The van der Waals surface area contributed by atoms with E-state index in [0.717, 1.165) is 5.56 Å². The van der Waals surface area contributed by atoms with Gasteiger partial charge in [0.1, 0.15) is 0 Å². The monoisotopic (exact) mass is 375 g/mol. The molecule has 0 spiro atoms. The zero-order valence-electron chi connectivity index (χ0n) is 14.4. The molecule has 26 heavy (non-hydrogen) atoms. The first-order valence-electron chi connectivity index (χ1n) is 8.21. The molecule has 6 nitrogen and oxygen atoms in total. The van der Waals surface area contributed by atoms with E-state index < -0.39 is 27.6 Å². The van der Waals surface area contributed by atoms with Crippen LogP contribution in [0.5, 0.6) is 0 Å². The lowest BCUT2D eigenvalue weighted by Crippen LogP contribution is -2.34. The SMILES string of the molecule is CCS(=O)(=O)c1ccc(C(=O)NCC(Cc2ccccc2)C(=O)O)cc1. The number of aliphatic carboxylic acids is 1. The molecule has 0 saturated heterocycles. The average molecular weight is 375 g/mol. The first kappa shape index (κ1) is 19.7. The Morgan fingerprint density at radius 1 is 1.04 bits per heavy atom. The Bertz CT molecular complexity index is 861. The molecule has 0 radical (unpaired) electrons. The summed E-state index contributed by atoms with van der Waals surface area (Å²) in [6.07, 6.45) is 0.310. The van der Waals surface area contributed by atoms with Crippen LogP contribution in [0.25, 0.3) is 0 Å². The third-order valence-corrected chi connectivity index (χ3v) is 5.79. The number of nitrogens with one attached hydrogen (secondary N) is 1. The van der Waals surface area contributed by atoms with Crippen LogP contribution in [0.2, 0.25) is 0 Å². The summed E-state index contributed by atoms with van der Waals surface area (Å²) >= 11 is 0. The molecule has 0 aliphatic rings. The highest BCUT2D eigenvalue weighted by Gasteiger charge is 2.19. The van der Waals surface area contributed by atoms with Crippen molar-refractivity contribution in [3.8, 4) is 0 Å². The van der Waals surface area contributed by atoms with Crippen LogP contribution in [0, 0.1) is 5.92 Å². The minimum Gasteiger partial charge on any atom is -0.481 e. The molecule has 0 bridgehead atoms. The fraction of sp³-hybridized carbons (Fsp3) is 0.263. The molecule has 2 aromatic carbocycles. The maximum absolute atomic E-state index is 12.2. The van der Waals surface area contributed by atoms with Gasteiger partial charge in [0.15, 0.2) is 9.84 Å². The summed E-state index contributed by atoms with van der Waals surface area (Å²) in [6, 6.07) is 14.8. The standard InChI is InChI=1S/C19H21NO5S/c1-2-26(24,25)17-10-8-15(9-11-17)18(21)20-13-16(19(22)23)12-14-6-4-3-5-7-14/h3-11,16H,2,12-13H2,1H3,(H,20,21)(H,22,23). The van der Waals surface area contributed by atoms with E-state index in [1.54, 1.807) is 6.92 Å². The third kappa shape index (κ3) is 5.16. The smallest absolute Gasteiger partial charge is 0.308 e. The molecule has 138 valence electrons. The van der Waals surface area contributed by atoms with E-state index in [1.165, 1.54) is 24.3 Å². The first-order chi connectivity index (χ1) is 12.3. The molecular formula is C19H21NO5S. The van der Waals surface area contributed by atoms with Gasteiger partial charge in [0.05, 0.1) is 16.6 Å². The number of carbonyl (C=O) groups is 2. The second kappa shape index (κ2) is 8.62. The van der Waals surface area contributed by atoms with Gasteiger partial charge in [-0.25, -0.2) is 8.42 Å². The normalized spacial score (nSPS) is 12.3. The summed E-state index contributed by atoms with van der Waals surface area (Å²) in [7, 11) is -3.32. The summed E-state index contributed by atoms with van der Waals surface area (Å²) in [6.45, 7) is 1.53. The molecule has 0 saturated carbocycles. The fourth-order valence-corrected chi connectivity index (χ4v) is 3.33. The Hall–Kier alpha value is -2.67. The first-order valence-corrected chi connectivity index (χ1v) is 9.86. The highest BCUT2D eigenvalue weighted by molar-refractivity contribution is 7.91. The number of hydrogen-bond acceptors (Lipinski definition) is 4. The van der Waals surface area contributed by atoms with Gasteiger partial charge in [-0.2, -0.15) is 0 Å². The minimum absolute atomic E-state index is 0.0156. The lowest BCUT2D eigenvalue weighted by atomic mass is 9.99. The molecule has 1 unspecified atom stereocenters. The molecule has 2 rings (SSSR count). The van der Waals surface area contributed by atoms with Gasteiger partial charge in [-0.05, 0) is 36.2 Å². The van der Waals surface area contributed by atoms with E-state index in [0.29, 0.717) is 6.42 Å². The molecule has 0 aliphatic carbocycles. The Morgan fingerprint density at radius 2 is 1.65 bits per heavy atom. The Labute approximate surface area is 152 Å². The predicted octanol–water partition coefficient (Wildman–Crippen LogP) is 2.15. The summed E-state index contributed by atoms with van der Waals surface area (Å²) in [5.74, 6) is -2.19. The summed E-state index contributed by atoms with van der Waals surface area (Å²) < 4.78 is 23.6. The van der Waals surface area contributed by atoms with Crippen molar-refractivity contribution >= 4 is 21.7 Å². The molecular weight excluding hydrogens is 354 g/mol. The van der Waals surface area contributed by atoms with Crippen molar-refractivity contribution in [2.24, 2.45) is 5.92 Å². The van der Waals surface area contributed by atoms with Crippen LogP contribution < -0.4 is 5.32 Å². The number of rotatable bonds is 8. The van der Waals surface area contributed by atoms with Crippen molar-refractivity contribution in [3.63, 3.8) is 0 Å². The van der Waals surface area contributed by atoms with Crippen molar-refractivity contribution in [2.45, 2.75) is 18.2 Å². The zero-order chi connectivity index (χ0) is 19.2.